The van der Waals surface area contributed by atoms with Crippen molar-refractivity contribution in [1.82, 2.24) is 0 Å². The quantitative estimate of drug-likeness (QED) is 0.337. The van der Waals surface area contributed by atoms with Crippen LogP contribution in [0.1, 0.15) is 0 Å². The minimum absolute atomic E-state index is 0.322. The third-order valence-electron chi connectivity index (χ3n) is 0.698. The van der Waals surface area contributed by atoms with Crippen molar-refractivity contribution in [2.75, 3.05) is 0 Å². The van der Waals surface area contributed by atoms with Crippen molar-refractivity contribution in [3.8, 4) is 12.1 Å². The van der Waals surface area contributed by atoms with E-state index in [0.29, 0.717) is 9.81 Å². The molecule has 2 nitrogen and oxygen atoms in total. The Balaban J connectivity index is 4.98. The van der Waals surface area contributed by atoms with Gasteiger partial charge in [0.05, 0.1) is 0 Å². The summed E-state index contributed by atoms with van der Waals surface area (Å²) in [6, 6.07) is 3.70. The molecule has 4 heteroatoms. The van der Waals surface area contributed by atoms with E-state index < -0.39 is 0 Å². The zero-order valence-corrected chi connectivity index (χ0v) is 6.76. The maximum absolute atomic E-state index is 8.40. The molecule has 0 unspecified atom stereocenters. The predicted molar refractivity (Wildman–Crippen MR) is 47.2 cm³/mol. The minimum Gasteiger partial charge on any atom is -0.187 e. The molecule has 0 saturated carbocycles. The lowest BCUT2D eigenvalue weighted by Gasteiger charge is -1.61. The molecule has 0 saturated heterocycles. The molecular formula is C6H4N2S2+2. The van der Waals surface area contributed by atoms with Gasteiger partial charge in [0, 0.05) is 0 Å². The Hall–Kier alpha value is -1.10. The fourth-order valence-corrected chi connectivity index (χ4v) is 1.13. The summed E-state index contributed by atoms with van der Waals surface area (Å²) in [5.74, 6) is 6.84. The Morgan fingerprint density at radius 2 is 1.30 bits per heavy atom. The summed E-state index contributed by atoms with van der Waals surface area (Å²) in [5.41, 5.74) is 0. The van der Waals surface area contributed by atoms with Gasteiger partial charge in [0.2, 0.25) is 22.7 Å². The summed E-state index contributed by atoms with van der Waals surface area (Å²) >= 11 is 2.02. The zero-order chi connectivity index (χ0) is 7.98. The summed E-state index contributed by atoms with van der Waals surface area (Å²) in [4.78, 5) is 0.644. The highest BCUT2D eigenvalue weighted by atomic mass is 32.1. The molecule has 0 rings (SSSR count). The Labute approximate surface area is 67.3 Å². The third kappa shape index (κ3) is 2.02. The number of hydrogen-bond donors (Lipinski definition) is 0. The van der Waals surface area contributed by atoms with Gasteiger partial charge in [0.1, 0.15) is 0 Å². The largest absolute Gasteiger partial charge is 0.381 e. The average molecular weight is 168 g/mol. The number of hydrogen-bond acceptors (Lipinski definition) is 2. The van der Waals surface area contributed by atoms with E-state index in [4.69, 9.17) is 10.5 Å². The average Bonchev–Trinajstić information content (AvgIpc) is 2.00. The van der Waals surface area contributed by atoms with Crippen LogP contribution in [-0.2, 0) is 22.7 Å². The molecule has 0 aromatic carbocycles. The second kappa shape index (κ2) is 4.75. The molecule has 0 atom stereocenters. The standard InChI is InChI=1S/C6H4N2S2/c1-9-5(3-7)6(4-8)10-2/h1-2H2/q+2/b6-5-. The van der Waals surface area contributed by atoms with Crippen molar-refractivity contribution in [3.05, 3.63) is 9.81 Å². The maximum atomic E-state index is 8.40. The van der Waals surface area contributed by atoms with Crippen molar-refractivity contribution >= 4 is 34.4 Å². The molecule has 0 aromatic rings. The SMILES string of the molecule is C=[S+]/C(C#N)=C(/C#N)[S+]=C. The second-order valence-corrected chi connectivity index (χ2v) is 2.56. The van der Waals surface area contributed by atoms with E-state index in [1.54, 1.807) is 0 Å². The summed E-state index contributed by atoms with van der Waals surface area (Å²) in [6.45, 7) is 0. The molecule has 0 aliphatic rings. The van der Waals surface area contributed by atoms with Gasteiger partial charge >= 0.3 is 9.81 Å². The molecular weight excluding hydrogens is 164 g/mol. The van der Waals surface area contributed by atoms with Gasteiger partial charge in [0.15, 0.2) is 23.9 Å². The molecule has 0 radical (unpaired) electrons. The first kappa shape index (κ1) is 8.90. The molecule has 0 spiro atoms. The van der Waals surface area contributed by atoms with Gasteiger partial charge in [-0.3, -0.25) is 0 Å². The molecule has 10 heavy (non-hydrogen) atoms. The van der Waals surface area contributed by atoms with Crippen molar-refractivity contribution in [2.24, 2.45) is 0 Å². The van der Waals surface area contributed by atoms with E-state index in [0.717, 1.165) is 22.7 Å². The van der Waals surface area contributed by atoms with Crippen LogP contribution >= 0.6 is 0 Å². The van der Waals surface area contributed by atoms with Gasteiger partial charge in [-0.25, -0.2) is 0 Å². The van der Waals surface area contributed by atoms with Gasteiger partial charge in [-0.2, -0.15) is 10.5 Å². The molecule has 0 bridgehead atoms. The van der Waals surface area contributed by atoms with Crippen molar-refractivity contribution < 1.29 is 0 Å². The predicted octanol–water partition coefficient (Wildman–Crippen LogP) is 0.274. The highest BCUT2D eigenvalue weighted by Gasteiger charge is 2.20. The summed E-state index contributed by atoms with van der Waals surface area (Å²) in [5, 5.41) is 16.8. The first-order chi connectivity index (χ1) is 4.79. The van der Waals surface area contributed by atoms with E-state index >= 15 is 0 Å². The van der Waals surface area contributed by atoms with Crippen LogP contribution in [0.25, 0.3) is 0 Å². The van der Waals surface area contributed by atoms with Crippen LogP contribution in [0.4, 0.5) is 0 Å². The van der Waals surface area contributed by atoms with E-state index in [2.05, 4.69) is 11.7 Å². The van der Waals surface area contributed by atoms with Crippen molar-refractivity contribution in [3.63, 3.8) is 0 Å². The fraction of sp³-hybridized carbons (Fsp3) is 0. The van der Waals surface area contributed by atoms with E-state index in [1.807, 2.05) is 12.1 Å². The Morgan fingerprint density at radius 3 is 1.40 bits per heavy atom. The van der Waals surface area contributed by atoms with Crippen LogP contribution in [0.5, 0.6) is 0 Å². The minimum atomic E-state index is 0.322. The maximum Gasteiger partial charge on any atom is 0.381 e. The third-order valence-corrected chi connectivity index (χ3v) is 2.00. The number of nitrogens with zero attached hydrogens (tertiary/aromatic N) is 2. The molecule has 0 N–H and O–H groups in total. The van der Waals surface area contributed by atoms with Gasteiger partial charge < -0.3 is 0 Å². The lowest BCUT2D eigenvalue weighted by atomic mass is 10.5. The Morgan fingerprint density at radius 1 is 1.00 bits per heavy atom. The normalized spacial score (nSPS) is 10.2. The first-order valence-electron chi connectivity index (χ1n) is 2.18. The summed E-state index contributed by atoms with van der Waals surface area (Å²) < 4.78 is 0. The topological polar surface area (TPSA) is 47.6 Å². The first-order valence-corrected chi connectivity index (χ1v) is 4.15. The highest BCUT2D eigenvalue weighted by Crippen LogP contribution is 1.99. The summed E-state index contributed by atoms with van der Waals surface area (Å²) in [7, 11) is 0. The van der Waals surface area contributed by atoms with Crippen LogP contribution in [0.3, 0.4) is 0 Å². The molecule has 0 aliphatic carbocycles. The van der Waals surface area contributed by atoms with E-state index in [9.17, 15) is 0 Å². The Bertz CT molecular complexity index is 236. The van der Waals surface area contributed by atoms with Crippen LogP contribution in [0.15, 0.2) is 9.81 Å². The molecule has 0 amide bonds. The van der Waals surface area contributed by atoms with Crippen LogP contribution in [0.2, 0.25) is 0 Å². The van der Waals surface area contributed by atoms with Crippen LogP contribution in [-0.4, -0.2) is 11.7 Å². The molecule has 0 fully saturated rings. The van der Waals surface area contributed by atoms with E-state index in [1.165, 1.54) is 0 Å². The number of allylic oxidation sites excluding steroid dienone is 2. The van der Waals surface area contributed by atoms with E-state index in [-0.39, 0.29) is 0 Å². The van der Waals surface area contributed by atoms with Crippen LogP contribution < -0.4 is 0 Å². The van der Waals surface area contributed by atoms with Crippen LogP contribution in [0, 0.1) is 22.7 Å². The Kier molecular flexibility index (Phi) is 4.23. The number of rotatable bonds is 2. The highest BCUT2D eigenvalue weighted by molar-refractivity contribution is 7.84. The molecule has 0 aliphatic heterocycles. The zero-order valence-electron chi connectivity index (χ0n) is 5.13. The second-order valence-electron chi connectivity index (χ2n) is 1.17. The molecule has 48 valence electrons. The smallest absolute Gasteiger partial charge is 0.187 e. The fourth-order valence-electron chi connectivity index (χ4n) is 0.297. The lowest BCUT2D eigenvalue weighted by molar-refractivity contribution is 1.50. The molecule has 0 aromatic heterocycles. The van der Waals surface area contributed by atoms with Gasteiger partial charge in [-0.15, -0.1) is 0 Å². The van der Waals surface area contributed by atoms with Crippen molar-refractivity contribution in [2.45, 2.75) is 0 Å². The number of nitriles is 2. The lowest BCUT2D eigenvalue weighted by Crippen LogP contribution is -1.82. The van der Waals surface area contributed by atoms with Gasteiger partial charge in [-0.05, 0) is 0 Å². The van der Waals surface area contributed by atoms with Gasteiger partial charge in [-0.1, -0.05) is 0 Å². The van der Waals surface area contributed by atoms with Crippen molar-refractivity contribution in [1.29, 1.82) is 10.5 Å². The molecule has 0 heterocycles. The summed E-state index contributed by atoms with van der Waals surface area (Å²) in [6.07, 6.45) is 0. The monoisotopic (exact) mass is 168 g/mol. The van der Waals surface area contributed by atoms with Gasteiger partial charge in [0.25, 0.3) is 0 Å².